The first-order valence-electron chi connectivity index (χ1n) is 6.78. The first-order valence-corrected chi connectivity index (χ1v) is 8.01. The molecule has 0 saturated carbocycles. The number of benzene rings is 1. The van der Waals surface area contributed by atoms with Crippen molar-refractivity contribution in [2.75, 3.05) is 6.26 Å². The number of hydrogen-bond donors (Lipinski definition) is 1. The Balaban J connectivity index is 1.62. The third-order valence-electron chi connectivity index (χ3n) is 2.97. The van der Waals surface area contributed by atoms with Crippen molar-refractivity contribution >= 4 is 17.7 Å². The molecule has 0 fully saturated rings. The van der Waals surface area contributed by atoms with E-state index in [1.165, 1.54) is 24.2 Å². The van der Waals surface area contributed by atoms with E-state index in [0.29, 0.717) is 22.4 Å². The summed E-state index contributed by atoms with van der Waals surface area (Å²) in [5.41, 5.74) is 1.22. The Bertz CT molecular complexity index is 789. The van der Waals surface area contributed by atoms with E-state index in [9.17, 15) is 4.79 Å². The molecule has 0 spiro atoms. The molecule has 1 N–H and O–H groups in total. The molecule has 116 valence electrons. The van der Waals surface area contributed by atoms with Gasteiger partial charge in [0.2, 0.25) is 0 Å². The molecule has 0 aliphatic carbocycles. The molecule has 0 radical (unpaired) electrons. The van der Waals surface area contributed by atoms with Crippen LogP contribution in [0.15, 0.2) is 52.4 Å². The maximum atomic E-state index is 12.0. The molecular formula is C15H13N5O2S. The molecule has 2 aromatic heterocycles. The average molecular weight is 327 g/mol. The third kappa shape index (κ3) is 3.72. The summed E-state index contributed by atoms with van der Waals surface area (Å²) in [4.78, 5) is 24.4. The number of nitrogens with zero attached hydrogens (tertiary/aromatic N) is 4. The quantitative estimate of drug-likeness (QED) is 0.567. The number of thioether (sulfide) groups is 1. The fourth-order valence-corrected chi connectivity index (χ4v) is 2.14. The van der Waals surface area contributed by atoms with Crippen molar-refractivity contribution in [2.45, 2.75) is 11.7 Å². The third-order valence-corrected chi connectivity index (χ3v) is 3.54. The van der Waals surface area contributed by atoms with Gasteiger partial charge in [0.05, 0.1) is 12.1 Å². The monoisotopic (exact) mass is 327 g/mol. The van der Waals surface area contributed by atoms with Crippen LogP contribution in [0.2, 0.25) is 0 Å². The lowest BCUT2D eigenvalue weighted by molar-refractivity contribution is 0.0948. The Labute approximate surface area is 136 Å². The number of nitrogens with one attached hydrogen (secondary N) is 1. The highest BCUT2D eigenvalue weighted by molar-refractivity contribution is 7.98. The van der Waals surface area contributed by atoms with Crippen molar-refractivity contribution in [3.8, 4) is 11.5 Å². The Morgan fingerprint density at radius 1 is 1.22 bits per heavy atom. The van der Waals surface area contributed by atoms with Gasteiger partial charge in [-0.25, -0.2) is 9.97 Å². The minimum Gasteiger partial charge on any atom is -0.345 e. The maximum Gasteiger partial charge on any atom is 0.257 e. The predicted octanol–water partition coefficient (Wildman–Crippen LogP) is 2.18. The predicted molar refractivity (Wildman–Crippen MR) is 84.7 cm³/mol. The van der Waals surface area contributed by atoms with Gasteiger partial charge in [-0.1, -0.05) is 35.1 Å². The lowest BCUT2D eigenvalue weighted by atomic mass is 10.2. The zero-order valence-electron chi connectivity index (χ0n) is 12.3. The van der Waals surface area contributed by atoms with E-state index in [0.717, 1.165) is 5.56 Å². The van der Waals surface area contributed by atoms with E-state index in [-0.39, 0.29) is 12.5 Å². The zero-order valence-corrected chi connectivity index (χ0v) is 13.1. The second kappa shape index (κ2) is 7.01. The van der Waals surface area contributed by atoms with Gasteiger partial charge in [0.15, 0.2) is 11.0 Å². The molecule has 23 heavy (non-hydrogen) atoms. The second-order valence-electron chi connectivity index (χ2n) is 4.52. The molecule has 0 saturated heterocycles. The molecule has 8 heteroatoms. The van der Waals surface area contributed by atoms with Crippen molar-refractivity contribution < 1.29 is 9.32 Å². The minimum atomic E-state index is -0.288. The van der Waals surface area contributed by atoms with Gasteiger partial charge in [-0.3, -0.25) is 4.79 Å². The molecule has 1 aromatic carbocycles. The Morgan fingerprint density at radius 2 is 1.96 bits per heavy atom. The molecule has 3 rings (SSSR count). The summed E-state index contributed by atoms with van der Waals surface area (Å²) >= 11 is 1.41. The van der Waals surface area contributed by atoms with Crippen LogP contribution in [-0.2, 0) is 6.54 Å². The first-order chi connectivity index (χ1) is 11.3. The maximum absolute atomic E-state index is 12.0. The summed E-state index contributed by atoms with van der Waals surface area (Å²) in [6.07, 6.45) is 4.84. The minimum absolute atomic E-state index is 0.166. The standard InChI is InChI=1S/C15H13N5O2S/c1-23-15-17-7-11(8-18-15)13(21)16-9-12-19-14(22-20-12)10-5-3-2-4-6-10/h2-8H,9H2,1H3,(H,16,21). The van der Waals surface area contributed by atoms with Crippen molar-refractivity contribution in [2.24, 2.45) is 0 Å². The molecule has 0 bridgehead atoms. The molecule has 1 amide bonds. The van der Waals surface area contributed by atoms with Crippen molar-refractivity contribution in [1.82, 2.24) is 25.4 Å². The lowest BCUT2D eigenvalue weighted by Gasteiger charge is -2.02. The summed E-state index contributed by atoms with van der Waals surface area (Å²) < 4.78 is 5.18. The molecule has 0 aliphatic rings. The van der Waals surface area contributed by atoms with Gasteiger partial charge in [0.1, 0.15) is 0 Å². The average Bonchev–Trinajstić information content (AvgIpc) is 3.09. The van der Waals surface area contributed by atoms with Gasteiger partial charge in [-0.05, 0) is 18.4 Å². The summed E-state index contributed by atoms with van der Waals surface area (Å²) in [5, 5.41) is 7.17. The van der Waals surface area contributed by atoms with Gasteiger partial charge >= 0.3 is 0 Å². The summed E-state index contributed by atoms with van der Waals surface area (Å²) in [5.74, 6) is 0.532. The number of carbonyl (C=O) groups excluding carboxylic acids is 1. The van der Waals surface area contributed by atoms with Crippen LogP contribution in [0.3, 0.4) is 0 Å². The Hall–Kier alpha value is -2.74. The largest absolute Gasteiger partial charge is 0.345 e. The van der Waals surface area contributed by atoms with E-state index < -0.39 is 0 Å². The normalized spacial score (nSPS) is 10.5. The first kappa shape index (κ1) is 15.2. The van der Waals surface area contributed by atoms with Crippen molar-refractivity contribution in [1.29, 1.82) is 0 Å². The Morgan fingerprint density at radius 3 is 2.65 bits per heavy atom. The highest BCUT2D eigenvalue weighted by Crippen LogP contribution is 2.15. The van der Waals surface area contributed by atoms with Crippen molar-refractivity contribution in [3.63, 3.8) is 0 Å². The van der Waals surface area contributed by atoms with Crippen LogP contribution in [0.5, 0.6) is 0 Å². The summed E-state index contributed by atoms with van der Waals surface area (Å²) in [6.45, 7) is 0.166. The van der Waals surface area contributed by atoms with Crippen LogP contribution in [0, 0.1) is 0 Å². The number of aromatic nitrogens is 4. The summed E-state index contributed by atoms with van der Waals surface area (Å²) in [6, 6.07) is 9.44. The van der Waals surface area contributed by atoms with Gasteiger partial charge < -0.3 is 9.84 Å². The van der Waals surface area contributed by atoms with Crippen LogP contribution in [0.1, 0.15) is 16.2 Å². The highest BCUT2D eigenvalue weighted by Gasteiger charge is 2.11. The van der Waals surface area contributed by atoms with Crippen LogP contribution < -0.4 is 5.32 Å². The van der Waals surface area contributed by atoms with E-state index in [2.05, 4.69) is 25.4 Å². The molecular weight excluding hydrogens is 314 g/mol. The fourth-order valence-electron chi connectivity index (χ4n) is 1.82. The molecule has 0 unspecified atom stereocenters. The Kier molecular flexibility index (Phi) is 4.62. The number of hydrogen-bond acceptors (Lipinski definition) is 7. The van der Waals surface area contributed by atoms with Gasteiger partial charge in [0.25, 0.3) is 11.8 Å². The van der Waals surface area contributed by atoms with Crippen molar-refractivity contribution in [3.05, 3.63) is 54.1 Å². The lowest BCUT2D eigenvalue weighted by Crippen LogP contribution is -2.23. The van der Waals surface area contributed by atoms with Gasteiger partial charge in [-0.2, -0.15) is 4.98 Å². The van der Waals surface area contributed by atoms with Gasteiger partial charge in [-0.15, -0.1) is 0 Å². The van der Waals surface area contributed by atoms with E-state index in [4.69, 9.17) is 4.52 Å². The van der Waals surface area contributed by atoms with Crippen LogP contribution in [0.4, 0.5) is 0 Å². The fraction of sp³-hybridized carbons (Fsp3) is 0.133. The number of carbonyl (C=O) groups is 1. The zero-order chi connectivity index (χ0) is 16.1. The molecule has 0 atom stereocenters. The molecule has 2 heterocycles. The molecule has 3 aromatic rings. The second-order valence-corrected chi connectivity index (χ2v) is 5.30. The van der Waals surface area contributed by atoms with Crippen LogP contribution in [-0.4, -0.2) is 32.3 Å². The van der Waals surface area contributed by atoms with E-state index in [1.54, 1.807) is 0 Å². The summed E-state index contributed by atoms with van der Waals surface area (Å²) in [7, 11) is 0. The van der Waals surface area contributed by atoms with Crippen LogP contribution >= 0.6 is 11.8 Å². The topological polar surface area (TPSA) is 93.8 Å². The molecule has 0 aliphatic heterocycles. The van der Waals surface area contributed by atoms with Crippen LogP contribution in [0.25, 0.3) is 11.5 Å². The van der Waals surface area contributed by atoms with E-state index >= 15 is 0 Å². The smallest absolute Gasteiger partial charge is 0.257 e. The SMILES string of the molecule is CSc1ncc(C(=O)NCc2noc(-c3ccccc3)n2)cn1. The van der Waals surface area contributed by atoms with Gasteiger partial charge in [0, 0.05) is 18.0 Å². The molecule has 7 nitrogen and oxygen atoms in total. The number of rotatable bonds is 5. The van der Waals surface area contributed by atoms with E-state index in [1.807, 2.05) is 36.6 Å². The number of amides is 1. The highest BCUT2D eigenvalue weighted by atomic mass is 32.2.